The minimum absolute atomic E-state index is 0.484. The third kappa shape index (κ3) is 4.99. The lowest BCUT2D eigenvalue weighted by atomic mass is 9.85. The van der Waals surface area contributed by atoms with Crippen molar-refractivity contribution in [3.8, 4) is 0 Å². The van der Waals surface area contributed by atoms with Crippen LogP contribution in [0.2, 0.25) is 0 Å². The minimum atomic E-state index is 0.484. The highest BCUT2D eigenvalue weighted by Crippen LogP contribution is 2.32. The van der Waals surface area contributed by atoms with Crippen molar-refractivity contribution in [2.45, 2.75) is 53.5 Å². The van der Waals surface area contributed by atoms with Crippen molar-refractivity contribution in [2.75, 3.05) is 24.5 Å². The second-order valence-electron chi connectivity index (χ2n) is 7.53. The van der Waals surface area contributed by atoms with Gasteiger partial charge in [0.2, 0.25) is 0 Å². The fraction of sp³-hybridized carbons (Fsp3) is 0.722. The van der Waals surface area contributed by atoms with Crippen LogP contribution in [0.25, 0.3) is 0 Å². The van der Waals surface area contributed by atoms with Gasteiger partial charge < -0.3 is 10.2 Å². The average molecular weight is 289 g/mol. The molecule has 0 amide bonds. The van der Waals surface area contributed by atoms with Crippen LogP contribution in [-0.2, 0) is 6.54 Å². The maximum Gasteiger partial charge on any atom is 0.0442 e. The Balaban J connectivity index is 2.05. The van der Waals surface area contributed by atoms with Gasteiger partial charge in [-0.05, 0) is 43.2 Å². The third-order valence-corrected chi connectivity index (χ3v) is 4.43. The molecule has 0 aromatic carbocycles. The van der Waals surface area contributed by atoms with E-state index in [0.717, 1.165) is 19.6 Å². The van der Waals surface area contributed by atoms with Crippen molar-refractivity contribution in [3.05, 3.63) is 24.0 Å². The fourth-order valence-electron chi connectivity index (χ4n) is 3.02. The van der Waals surface area contributed by atoms with Crippen molar-refractivity contribution >= 4 is 5.69 Å². The van der Waals surface area contributed by atoms with Crippen LogP contribution in [0.3, 0.4) is 0 Å². The highest BCUT2D eigenvalue weighted by atomic mass is 15.1. The molecule has 2 rings (SSSR count). The maximum atomic E-state index is 4.32. The van der Waals surface area contributed by atoms with Gasteiger partial charge in [-0.25, -0.2) is 0 Å². The highest BCUT2D eigenvalue weighted by molar-refractivity contribution is 5.52. The summed E-state index contributed by atoms with van der Waals surface area (Å²) >= 11 is 0. The number of hydrogen-bond donors (Lipinski definition) is 1. The molecule has 0 atom stereocenters. The zero-order chi connectivity index (χ0) is 15.3. The Hall–Kier alpha value is -1.09. The van der Waals surface area contributed by atoms with E-state index in [9.17, 15) is 0 Å². The smallest absolute Gasteiger partial charge is 0.0442 e. The zero-order valence-corrected chi connectivity index (χ0v) is 14.2. The molecule has 0 spiro atoms. The van der Waals surface area contributed by atoms with E-state index in [1.54, 1.807) is 0 Å². The Kier molecular flexibility index (Phi) is 5.63. The Morgan fingerprint density at radius 1 is 1.29 bits per heavy atom. The van der Waals surface area contributed by atoms with Crippen LogP contribution in [0.4, 0.5) is 5.69 Å². The lowest BCUT2D eigenvalue weighted by Gasteiger charge is -2.27. The van der Waals surface area contributed by atoms with Gasteiger partial charge >= 0.3 is 0 Å². The number of hydrogen-bond acceptors (Lipinski definition) is 3. The standard InChI is InChI=1S/C18H31N3/c1-15(2)12-20-14-16-13-19-9-6-17(16)21-10-5-7-18(3,4)8-11-21/h6,9,13,15,20H,5,7-8,10-12,14H2,1-4H3. The molecule has 118 valence electrons. The molecule has 0 saturated carbocycles. The van der Waals surface area contributed by atoms with Gasteiger partial charge in [0.05, 0.1) is 0 Å². The average Bonchev–Trinajstić information content (AvgIpc) is 2.60. The van der Waals surface area contributed by atoms with E-state index < -0.39 is 0 Å². The van der Waals surface area contributed by atoms with E-state index >= 15 is 0 Å². The van der Waals surface area contributed by atoms with Gasteiger partial charge in [-0.1, -0.05) is 27.7 Å². The van der Waals surface area contributed by atoms with E-state index in [2.05, 4.69) is 49.0 Å². The number of anilines is 1. The molecule has 1 N–H and O–H groups in total. The first-order valence-electron chi connectivity index (χ1n) is 8.36. The largest absolute Gasteiger partial charge is 0.371 e. The van der Waals surface area contributed by atoms with E-state index in [-0.39, 0.29) is 0 Å². The first-order valence-corrected chi connectivity index (χ1v) is 8.36. The summed E-state index contributed by atoms with van der Waals surface area (Å²) in [5.41, 5.74) is 3.19. The van der Waals surface area contributed by atoms with E-state index in [4.69, 9.17) is 0 Å². The highest BCUT2D eigenvalue weighted by Gasteiger charge is 2.24. The topological polar surface area (TPSA) is 28.2 Å². The minimum Gasteiger partial charge on any atom is -0.371 e. The summed E-state index contributed by atoms with van der Waals surface area (Å²) < 4.78 is 0. The van der Waals surface area contributed by atoms with Crippen LogP contribution in [-0.4, -0.2) is 24.6 Å². The Morgan fingerprint density at radius 3 is 2.86 bits per heavy atom. The molecule has 0 aliphatic carbocycles. The number of aromatic nitrogens is 1. The first-order chi connectivity index (χ1) is 9.98. The first kappa shape index (κ1) is 16.3. The summed E-state index contributed by atoms with van der Waals surface area (Å²) in [4.78, 5) is 6.88. The van der Waals surface area contributed by atoms with Crippen LogP contribution in [0, 0.1) is 11.3 Å². The molecule has 2 heterocycles. The normalized spacial score (nSPS) is 18.8. The van der Waals surface area contributed by atoms with Gasteiger partial charge in [0, 0.05) is 43.3 Å². The molecule has 21 heavy (non-hydrogen) atoms. The molecule has 0 radical (unpaired) electrons. The SMILES string of the molecule is CC(C)CNCc1cnccc1N1CCCC(C)(C)CC1. The summed E-state index contributed by atoms with van der Waals surface area (Å²) in [6.45, 7) is 13.6. The molecule has 1 aromatic rings. The van der Waals surface area contributed by atoms with Gasteiger partial charge in [-0.2, -0.15) is 0 Å². The van der Waals surface area contributed by atoms with Gasteiger partial charge in [-0.3, -0.25) is 4.98 Å². The van der Waals surface area contributed by atoms with Crippen molar-refractivity contribution in [1.29, 1.82) is 0 Å². The number of nitrogens with zero attached hydrogens (tertiary/aromatic N) is 2. The van der Waals surface area contributed by atoms with Crippen LogP contribution in [0.1, 0.15) is 52.5 Å². The molecule has 3 nitrogen and oxygen atoms in total. The molecule has 1 fully saturated rings. The number of nitrogens with one attached hydrogen (secondary N) is 1. The van der Waals surface area contributed by atoms with Crippen molar-refractivity contribution in [1.82, 2.24) is 10.3 Å². The molecule has 3 heteroatoms. The fourth-order valence-corrected chi connectivity index (χ4v) is 3.02. The van der Waals surface area contributed by atoms with E-state index in [1.807, 2.05) is 12.4 Å². The zero-order valence-electron chi connectivity index (χ0n) is 14.2. The summed E-state index contributed by atoms with van der Waals surface area (Å²) in [7, 11) is 0. The Bertz CT molecular complexity index is 440. The van der Waals surface area contributed by atoms with E-state index in [0.29, 0.717) is 11.3 Å². The lowest BCUT2D eigenvalue weighted by Crippen LogP contribution is -2.27. The molecule has 0 bridgehead atoms. The summed E-state index contributed by atoms with van der Waals surface area (Å²) in [6.07, 6.45) is 7.84. The quantitative estimate of drug-likeness (QED) is 0.892. The molecule has 1 aromatic heterocycles. The van der Waals surface area contributed by atoms with Gasteiger partial charge in [-0.15, -0.1) is 0 Å². The van der Waals surface area contributed by atoms with Gasteiger partial charge in [0.15, 0.2) is 0 Å². The van der Waals surface area contributed by atoms with Crippen molar-refractivity contribution in [2.24, 2.45) is 11.3 Å². The molecule has 0 unspecified atom stereocenters. The molecular formula is C18H31N3. The summed E-state index contributed by atoms with van der Waals surface area (Å²) in [5.74, 6) is 0.684. The molecule has 1 aliphatic heterocycles. The summed E-state index contributed by atoms with van der Waals surface area (Å²) in [5, 5.41) is 3.55. The second kappa shape index (κ2) is 7.26. The Morgan fingerprint density at radius 2 is 2.10 bits per heavy atom. The monoisotopic (exact) mass is 289 g/mol. The third-order valence-electron chi connectivity index (χ3n) is 4.43. The predicted molar refractivity (Wildman–Crippen MR) is 90.6 cm³/mol. The maximum absolute atomic E-state index is 4.32. The molecule has 1 saturated heterocycles. The van der Waals surface area contributed by atoms with Gasteiger partial charge in [0.25, 0.3) is 0 Å². The number of rotatable bonds is 5. The molecule has 1 aliphatic rings. The number of pyridine rings is 1. The van der Waals surface area contributed by atoms with Crippen LogP contribution in [0.15, 0.2) is 18.5 Å². The van der Waals surface area contributed by atoms with E-state index in [1.165, 1.54) is 37.1 Å². The summed E-state index contributed by atoms with van der Waals surface area (Å²) in [6, 6.07) is 2.19. The van der Waals surface area contributed by atoms with Crippen LogP contribution >= 0.6 is 0 Å². The Labute approximate surface area is 130 Å². The van der Waals surface area contributed by atoms with Crippen LogP contribution in [0.5, 0.6) is 0 Å². The van der Waals surface area contributed by atoms with Crippen molar-refractivity contribution in [3.63, 3.8) is 0 Å². The van der Waals surface area contributed by atoms with Gasteiger partial charge in [0.1, 0.15) is 0 Å². The predicted octanol–water partition coefficient (Wildman–Crippen LogP) is 3.84. The second-order valence-corrected chi connectivity index (χ2v) is 7.53. The lowest BCUT2D eigenvalue weighted by molar-refractivity contribution is 0.325. The molecular weight excluding hydrogens is 258 g/mol. The van der Waals surface area contributed by atoms with Crippen LogP contribution < -0.4 is 10.2 Å². The van der Waals surface area contributed by atoms with Crippen molar-refractivity contribution < 1.29 is 0 Å².